The molecule has 0 aliphatic heterocycles. The van der Waals surface area contributed by atoms with Gasteiger partial charge in [-0.3, -0.25) is 9.59 Å². The first-order chi connectivity index (χ1) is 7.13. The second-order valence-corrected chi connectivity index (χ2v) is 5.44. The molecule has 1 unspecified atom stereocenters. The fourth-order valence-electron chi connectivity index (χ4n) is 1.48. The van der Waals surface area contributed by atoms with Gasteiger partial charge in [0, 0.05) is 17.9 Å². The lowest BCUT2D eigenvalue weighted by atomic mass is 9.95. The first-order valence-corrected chi connectivity index (χ1v) is 5.66. The van der Waals surface area contributed by atoms with E-state index in [4.69, 9.17) is 5.11 Å². The van der Waals surface area contributed by atoms with Crippen molar-refractivity contribution < 1.29 is 14.7 Å². The number of carboxylic acids is 1. The van der Waals surface area contributed by atoms with Gasteiger partial charge >= 0.3 is 5.97 Å². The molecule has 0 aromatic carbocycles. The number of carbonyl (C=O) groups excluding carboxylic acids is 1. The van der Waals surface area contributed by atoms with Gasteiger partial charge in [0.2, 0.25) is 0 Å². The van der Waals surface area contributed by atoms with Crippen LogP contribution in [0.5, 0.6) is 0 Å². The number of rotatable bonds is 6. The molecule has 16 heavy (non-hydrogen) atoms. The number of carbonyl (C=O) groups is 2. The van der Waals surface area contributed by atoms with Crippen LogP contribution in [0.25, 0.3) is 0 Å². The number of ketones is 1. The summed E-state index contributed by atoms with van der Waals surface area (Å²) in [5.41, 5.74) is -0.187. The van der Waals surface area contributed by atoms with Crippen molar-refractivity contribution in [3.8, 4) is 0 Å². The van der Waals surface area contributed by atoms with E-state index in [0.717, 1.165) is 0 Å². The van der Waals surface area contributed by atoms with Crippen LogP contribution in [-0.4, -0.2) is 28.4 Å². The number of nitrogens with one attached hydrogen (secondary N) is 1. The molecule has 0 amide bonds. The monoisotopic (exact) mass is 229 g/mol. The molecule has 0 rings (SSSR count). The maximum Gasteiger partial charge on any atom is 0.303 e. The minimum atomic E-state index is -0.864. The minimum absolute atomic E-state index is 0.0200. The summed E-state index contributed by atoms with van der Waals surface area (Å²) in [5, 5.41) is 11.8. The lowest BCUT2D eigenvalue weighted by molar-refractivity contribution is -0.137. The van der Waals surface area contributed by atoms with Gasteiger partial charge in [0.1, 0.15) is 0 Å². The Hall–Kier alpha value is -0.900. The predicted molar refractivity (Wildman–Crippen MR) is 63.4 cm³/mol. The Morgan fingerprint density at radius 3 is 2.06 bits per heavy atom. The van der Waals surface area contributed by atoms with Crippen LogP contribution in [0.2, 0.25) is 0 Å². The molecule has 4 nitrogen and oxygen atoms in total. The average Bonchev–Trinajstić information content (AvgIpc) is 2.08. The van der Waals surface area contributed by atoms with Gasteiger partial charge < -0.3 is 10.4 Å². The largest absolute Gasteiger partial charge is 0.481 e. The second kappa shape index (κ2) is 5.99. The Kier molecular flexibility index (Phi) is 5.65. The Balaban J connectivity index is 4.51. The highest BCUT2D eigenvalue weighted by Gasteiger charge is 2.25. The van der Waals surface area contributed by atoms with E-state index in [9.17, 15) is 9.59 Å². The first kappa shape index (κ1) is 15.1. The third kappa shape index (κ3) is 6.56. The number of hydrogen-bond acceptors (Lipinski definition) is 3. The van der Waals surface area contributed by atoms with Gasteiger partial charge in [0.05, 0.1) is 6.04 Å². The number of Topliss-reactive ketones (excluding diaryl/α,β-unsaturated/α-hetero) is 1. The Morgan fingerprint density at radius 1 is 1.25 bits per heavy atom. The fourth-order valence-corrected chi connectivity index (χ4v) is 1.48. The summed E-state index contributed by atoms with van der Waals surface area (Å²) in [6, 6.07) is -0.365. The van der Waals surface area contributed by atoms with E-state index in [1.807, 2.05) is 34.6 Å². The summed E-state index contributed by atoms with van der Waals surface area (Å²) < 4.78 is 0. The smallest absolute Gasteiger partial charge is 0.303 e. The molecule has 0 saturated heterocycles. The first-order valence-electron chi connectivity index (χ1n) is 5.66. The molecule has 0 saturated carbocycles. The van der Waals surface area contributed by atoms with E-state index in [-0.39, 0.29) is 29.7 Å². The lowest BCUT2D eigenvalue weighted by Crippen LogP contribution is -2.49. The summed E-state index contributed by atoms with van der Waals surface area (Å²) in [7, 11) is 0. The number of aliphatic carboxylic acids is 1. The van der Waals surface area contributed by atoms with Gasteiger partial charge in [0.25, 0.3) is 0 Å². The van der Waals surface area contributed by atoms with Crippen LogP contribution in [0.15, 0.2) is 0 Å². The SMILES string of the molecule is CC(C)C(=O)C(CCC(=O)O)NC(C)(C)C. The van der Waals surface area contributed by atoms with E-state index in [1.165, 1.54) is 0 Å². The zero-order valence-corrected chi connectivity index (χ0v) is 10.8. The van der Waals surface area contributed by atoms with Crippen LogP contribution in [0.4, 0.5) is 0 Å². The molecule has 1 atom stereocenters. The van der Waals surface area contributed by atoms with Crippen LogP contribution < -0.4 is 5.32 Å². The Morgan fingerprint density at radius 2 is 1.75 bits per heavy atom. The van der Waals surface area contributed by atoms with Crippen LogP contribution in [0, 0.1) is 5.92 Å². The van der Waals surface area contributed by atoms with Gasteiger partial charge in [-0.2, -0.15) is 0 Å². The second-order valence-electron chi connectivity index (χ2n) is 5.44. The molecule has 0 aromatic rings. The lowest BCUT2D eigenvalue weighted by Gasteiger charge is -2.28. The third-order valence-corrected chi connectivity index (χ3v) is 2.17. The topological polar surface area (TPSA) is 66.4 Å². The summed E-state index contributed by atoms with van der Waals surface area (Å²) in [4.78, 5) is 22.4. The zero-order chi connectivity index (χ0) is 12.9. The van der Waals surface area contributed by atoms with Crippen LogP contribution in [0.3, 0.4) is 0 Å². The molecular formula is C12H23NO3. The molecule has 0 heterocycles. The highest BCUT2D eigenvalue weighted by molar-refractivity contribution is 5.86. The molecule has 0 aromatic heterocycles. The third-order valence-electron chi connectivity index (χ3n) is 2.17. The van der Waals surface area contributed by atoms with E-state index in [1.54, 1.807) is 0 Å². The molecule has 0 spiro atoms. The van der Waals surface area contributed by atoms with E-state index in [0.29, 0.717) is 6.42 Å². The highest BCUT2D eigenvalue weighted by Crippen LogP contribution is 2.11. The molecule has 0 aliphatic rings. The van der Waals surface area contributed by atoms with Crippen LogP contribution in [0.1, 0.15) is 47.5 Å². The molecule has 94 valence electrons. The maximum absolute atomic E-state index is 11.9. The minimum Gasteiger partial charge on any atom is -0.481 e. The van der Waals surface area contributed by atoms with Gasteiger partial charge in [-0.1, -0.05) is 13.8 Å². The van der Waals surface area contributed by atoms with Gasteiger partial charge in [-0.15, -0.1) is 0 Å². The molecule has 0 radical (unpaired) electrons. The van der Waals surface area contributed by atoms with Crippen molar-refractivity contribution in [1.82, 2.24) is 5.32 Å². The van der Waals surface area contributed by atoms with Crippen molar-refractivity contribution in [3.05, 3.63) is 0 Å². The quantitative estimate of drug-likeness (QED) is 0.729. The van der Waals surface area contributed by atoms with Crippen molar-refractivity contribution in [2.24, 2.45) is 5.92 Å². The highest BCUT2D eigenvalue weighted by atomic mass is 16.4. The predicted octanol–water partition coefficient (Wildman–Crippen LogP) is 1.83. The molecule has 4 heteroatoms. The molecule has 0 aliphatic carbocycles. The average molecular weight is 229 g/mol. The fraction of sp³-hybridized carbons (Fsp3) is 0.833. The normalized spacial score (nSPS) is 13.9. The van der Waals surface area contributed by atoms with Crippen LogP contribution >= 0.6 is 0 Å². The molecule has 0 bridgehead atoms. The molecule has 2 N–H and O–H groups in total. The summed E-state index contributed by atoms with van der Waals surface area (Å²) >= 11 is 0. The van der Waals surface area contributed by atoms with Crippen molar-refractivity contribution >= 4 is 11.8 Å². The van der Waals surface area contributed by atoms with Crippen molar-refractivity contribution in [1.29, 1.82) is 0 Å². The van der Waals surface area contributed by atoms with Gasteiger partial charge in [0.15, 0.2) is 5.78 Å². The number of hydrogen-bond donors (Lipinski definition) is 2. The number of carboxylic acid groups (broad SMARTS) is 1. The Bertz CT molecular complexity index is 253. The summed E-state index contributed by atoms with van der Waals surface area (Å²) in [6.07, 6.45) is 0.371. The van der Waals surface area contributed by atoms with Gasteiger partial charge in [-0.05, 0) is 27.2 Å². The van der Waals surface area contributed by atoms with E-state index < -0.39 is 5.97 Å². The Labute approximate surface area is 97.4 Å². The summed E-state index contributed by atoms with van der Waals surface area (Å²) in [6.45, 7) is 9.57. The van der Waals surface area contributed by atoms with Crippen LogP contribution in [-0.2, 0) is 9.59 Å². The molecule has 0 fully saturated rings. The summed E-state index contributed by atoms with van der Waals surface area (Å²) in [5.74, 6) is -0.859. The van der Waals surface area contributed by atoms with Crippen molar-refractivity contribution in [3.63, 3.8) is 0 Å². The van der Waals surface area contributed by atoms with Crippen molar-refractivity contribution in [2.75, 3.05) is 0 Å². The van der Waals surface area contributed by atoms with Crippen molar-refractivity contribution in [2.45, 2.75) is 59.0 Å². The zero-order valence-electron chi connectivity index (χ0n) is 10.8. The van der Waals surface area contributed by atoms with E-state index in [2.05, 4.69) is 5.32 Å². The molecular weight excluding hydrogens is 206 g/mol. The van der Waals surface area contributed by atoms with E-state index >= 15 is 0 Å². The maximum atomic E-state index is 11.9. The standard InChI is InChI=1S/C12H23NO3/c1-8(2)11(16)9(6-7-10(14)15)13-12(3,4)5/h8-9,13H,6-7H2,1-5H3,(H,14,15). The van der Waals surface area contributed by atoms with Gasteiger partial charge in [-0.25, -0.2) is 0 Å².